The Labute approximate surface area is 92.3 Å². The Balaban J connectivity index is -0.0000000200. The highest BCUT2D eigenvalue weighted by Crippen LogP contribution is 1.79. The van der Waals surface area contributed by atoms with Crippen LogP contribution in [-0.4, -0.2) is 19.2 Å². The molecule has 0 aromatic rings. The highest BCUT2D eigenvalue weighted by Gasteiger charge is 1.75. The molecule has 0 rings (SSSR count). The molecule has 0 aliphatic rings. The lowest BCUT2D eigenvalue weighted by Gasteiger charge is -1.92. The van der Waals surface area contributed by atoms with Crippen molar-refractivity contribution >= 4 is 5.97 Å². The molecule has 0 spiro atoms. The lowest BCUT2D eigenvalue weighted by molar-refractivity contribution is -0.362. The van der Waals surface area contributed by atoms with Crippen molar-refractivity contribution in [3.63, 3.8) is 0 Å². The summed E-state index contributed by atoms with van der Waals surface area (Å²) in [7, 11) is 0. The van der Waals surface area contributed by atoms with Crippen molar-refractivity contribution in [1.82, 2.24) is 18.5 Å². The summed E-state index contributed by atoms with van der Waals surface area (Å²) in [6, 6.07) is 0. The lowest BCUT2D eigenvalue weighted by atomic mass is 10.4. The van der Waals surface area contributed by atoms with Crippen LogP contribution in [0, 0.1) is 0 Å². The summed E-state index contributed by atoms with van der Waals surface area (Å²) in [5.74, 6) is -0.961. The smallest absolute Gasteiger partial charge is 0.0414 e. The van der Waals surface area contributed by atoms with Gasteiger partial charge in [0.1, 0.15) is 0 Å². The van der Waals surface area contributed by atoms with Crippen LogP contribution in [0.15, 0.2) is 0 Å². The van der Waals surface area contributed by atoms with Gasteiger partial charge in [-0.25, -0.2) is 0 Å². The SMILES string of the molecule is CCCC(=O)[O-].CC[O-].CC[O-].[NH4+].[NH4+].[NH4+]. The Hall–Kier alpha value is -0.730. The minimum atomic E-state index is -0.961. The van der Waals surface area contributed by atoms with Gasteiger partial charge in [0, 0.05) is 5.97 Å². The van der Waals surface area contributed by atoms with Crippen LogP contribution >= 0.6 is 0 Å². The summed E-state index contributed by atoms with van der Waals surface area (Å²) in [5, 5.41) is 27.3. The second-order valence-electron chi connectivity index (χ2n) is 1.70. The molecule has 0 amide bonds. The zero-order valence-electron chi connectivity index (χ0n) is 11.0. The van der Waals surface area contributed by atoms with Crippen LogP contribution in [0.2, 0.25) is 0 Å². The number of carbonyl (C=O) groups excluding carboxylic acids is 1. The van der Waals surface area contributed by atoms with Gasteiger partial charge in [-0.15, -0.1) is 13.2 Å². The first-order chi connectivity index (χ1) is 5.60. The quantitative estimate of drug-likeness (QED) is 0.570. The molecule has 0 fully saturated rings. The number of carboxylic acids is 1. The number of hydrogen-bond donors (Lipinski definition) is 3. The van der Waals surface area contributed by atoms with Gasteiger partial charge in [0.2, 0.25) is 0 Å². The maximum Gasteiger partial charge on any atom is 0.0414 e. The summed E-state index contributed by atoms with van der Waals surface area (Å²) in [4.78, 5) is 9.49. The molecule has 0 saturated heterocycles. The van der Waals surface area contributed by atoms with E-state index in [1.807, 2.05) is 0 Å². The van der Waals surface area contributed by atoms with E-state index in [0.717, 1.165) is 0 Å². The van der Waals surface area contributed by atoms with E-state index >= 15 is 0 Å². The van der Waals surface area contributed by atoms with Crippen LogP contribution in [0.5, 0.6) is 0 Å². The van der Waals surface area contributed by atoms with Crippen molar-refractivity contribution < 1.29 is 20.1 Å². The normalized spacial score (nSPS) is 5.67. The van der Waals surface area contributed by atoms with Gasteiger partial charge in [-0.05, 0) is 6.42 Å². The molecule has 7 heteroatoms. The highest BCUT2D eigenvalue weighted by molar-refractivity contribution is 5.63. The molecular formula is C8H29N3O4. The topological polar surface area (TPSA) is 196 Å². The second-order valence-corrected chi connectivity index (χ2v) is 1.70. The monoisotopic (exact) mass is 231 g/mol. The number of rotatable bonds is 2. The molecule has 0 unspecified atom stereocenters. The molecule has 0 bridgehead atoms. The van der Waals surface area contributed by atoms with Crippen molar-refractivity contribution in [2.24, 2.45) is 0 Å². The molecule has 0 aromatic carbocycles. The van der Waals surface area contributed by atoms with Gasteiger partial charge < -0.3 is 38.6 Å². The van der Waals surface area contributed by atoms with Crippen LogP contribution in [0.25, 0.3) is 0 Å². The third kappa shape index (κ3) is 327. The second kappa shape index (κ2) is 50.8. The van der Waals surface area contributed by atoms with Crippen LogP contribution in [0.1, 0.15) is 33.6 Å². The molecule has 0 atom stereocenters. The molecule has 0 radical (unpaired) electrons. The van der Waals surface area contributed by atoms with Gasteiger partial charge in [0.05, 0.1) is 0 Å². The predicted molar refractivity (Wildman–Crippen MR) is 59.0 cm³/mol. The number of quaternary nitrogens is 3. The van der Waals surface area contributed by atoms with E-state index in [0.29, 0.717) is 6.42 Å². The van der Waals surface area contributed by atoms with Crippen molar-refractivity contribution in [2.45, 2.75) is 33.6 Å². The van der Waals surface area contributed by atoms with Crippen molar-refractivity contribution in [3.05, 3.63) is 0 Å². The molecule has 12 N–H and O–H groups in total. The van der Waals surface area contributed by atoms with Gasteiger partial charge >= 0.3 is 0 Å². The van der Waals surface area contributed by atoms with Crippen LogP contribution in [0.4, 0.5) is 0 Å². The highest BCUT2D eigenvalue weighted by atomic mass is 16.4. The van der Waals surface area contributed by atoms with Gasteiger partial charge in [0.25, 0.3) is 0 Å². The van der Waals surface area contributed by atoms with E-state index in [9.17, 15) is 9.90 Å². The number of aliphatic carboxylic acids is 1. The van der Waals surface area contributed by atoms with Crippen LogP contribution in [-0.2, 0) is 4.79 Å². The maximum absolute atomic E-state index is 9.49. The van der Waals surface area contributed by atoms with E-state index in [-0.39, 0.29) is 38.1 Å². The molecule has 7 nitrogen and oxygen atoms in total. The molecular weight excluding hydrogens is 202 g/mol. The Morgan fingerprint density at radius 1 is 0.933 bits per heavy atom. The molecule has 15 heavy (non-hydrogen) atoms. The molecule has 100 valence electrons. The third-order valence-corrected chi connectivity index (χ3v) is 0.454. The number of hydrogen-bond acceptors (Lipinski definition) is 4. The zero-order chi connectivity index (χ0) is 10.4. The first kappa shape index (κ1) is 36.7. The van der Waals surface area contributed by atoms with Crippen LogP contribution in [0.3, 0.4) is 0 Å². The van der Waals surface area contributed by atoms with Gasteiger partial charge in [0.15, 0.2) is 0 Å². The fraction of sp³-hybridized carbons (Fsp3) is 0.875. The largest absolute Gasteiger partial charge is 0.855 e. The first-order valence-corrected chi connectivity index (χ1v) is 3.96. The maximum atomic E-state index is 9.49. The van der Waals surface area contributed by atoms with E-state index < -0.39 is 5.97 Å². The minimum Gasteiger partial charge on any atom is -0.855 e. The average Bonchev–Trinajstić information content (AvgIpc) is 1.89. The Kier molecular flexibility index (Phi) is 124. The van der Waals surface area contributed by atoms with Crippen molar-refractivity contribution in [1.29, 1.82) is 0 Å². The lowest BCUT2D eigenvalue weighted by Crippen LogP contribution is -2.20. The fourth-order valence-electron chi connectivity index (χ4n) is 0.204. The van der Waals surface area contributed by atoms with Crippen LogP contribution < -0.4 is 33.8 Å². The van der Waals surface area contributed by atoms with E-state index in [2.05, 4.69) is 0 Å². The fourth-order valence-corrected chi connectivity index (χ4v) is 0.204. The summed E-state index contributed by atoms with van der Waals surface area (Å²) in [5.41, 5.74) is 0. The summed E-state index contributed by atoms with van der Waals surface area (Å²) >= 11 is 0. The Morgan fingerprint density at radius 2 is 1.13 bits per heavy atom. The summed E-state index contributed by atoms with van der Waals surface area (Å²) < 4.78 is 0. The Bertz CT molecular complexity index is 82.3. The van der Waals surface area contributed by atoms with Crippen molar-refractivity contribution in [2.75, 3.05) is 13.2 Å². The predicted octanol–water partition coefficient (Wildman–Crippen LogP) is -0.602. The average molecular weight is 231 g/mol. The van der Waals surface area contributed by atoms with E-state index in [1.54, 1.807) is 20.8 Å². The Morgan fingerprint density at radius 3 is 1.13 bits per heavy atom. The van der Waals surface area contributed by atoms with Gasteiger partial charge in [-0.2, -0.15) is 0 Å². The molecule has 0 aliphatic heterocycles. The third-order valence-electron chi connectivity index (χ3n) is 0.454. The first-order valence-electron chi connectivity index (χ1n) is 3.96. The summed E-state index contributed by atoms with van der Waals surface area (Å²) in [6.07, 6.45) is 0.850. The number of carbonyl (C=O) groups is 1. The van der Waals surface area contributed by atoms with Gasteiger partial charge in [-0.3, -0.25) is 0 Å². The van der Waals surface area contributed by atoms with Gasteiger partial charge in [-0.1, -0.05) is 27.2 Å². The molecule has 0 saturated carbocycles. The van der Waals surface area contributed by atoms with E-state index in [1.165, 1.54) is 0 Å². The van der Waals surface area contributed by atoms with E-state index in [4.69, 9.17) is 10.2 Å². The minimum absolute atomic E-state index is 0. The molecule has 0 aliphatic carbocycles. The van der Waals surface area contributed by atoms with Crippen molar-refractivity contribution in [3.8, 4) is 0 Å². The summed E-state index contributed by atoms with van der Waals surface area (Å²) in [6.45, 7) is 4.94. The zero-order valence-corrected chi connectivity index (χ0v) is 11.0. The standard InChI is InChI=1S/C4H8O2.2C2H5O.3H3N/c1-2-3-4(5)6;2*1-2-3;;;/h2-3H2,1H3,(H,5,6);2*2H2,1H3;3*1H3/q;2*-1;;;/p+2. The number of carboxylic acid groups (broad SMARTS) is 1. The molecule has 0 aromatic heterocycles. The molecule has 0 heterocycles.